The fourth-order valence-corrected chi connectivity index (χ4v) is 1.73. The van der Waals surface area contributed by atoms with Gasteiger partial charge in [0.25, 0.3) is 5.56 Å². The third kappa shape index (κ3) is 2.77. The predicted octanol–water partition coefficient (Wildman–Crippen LogP) is 0.254. The highest BCUT2D eigenvalue weighted by atomic mass is 16.2. The maximum absolute atomic E-state index is 11.9. The van der Waals surface area contributed by atoms with E-state index in [1.807, 2.05) is 30.3 Å². The molecule has 1 amide bonds. The van der Waals surface area contributed by atoms with Crippen LogP contribution in [0.4, 0.5) is 11.5 Å². The van der Waals surface area contributed by atoms with Crippen LogP contribution in [0.25, 0.3) is 0 Å². The summed E-state index contributed by atoms with van der Waals surface area (Å²) in [5.74, 6) is 0.189. The predicted molar refractivity (Wildman–Crippen MR) is 75.8 cm³/mol. The molecule has 7 heteroatoms. The average Bonchev–Trinajstić information content (AvgIpc) is 2.47. The first-order chi connectivity index (χ1) is 9.63. The molecule has 0 aliphatic heterocycles. The molecule has 0 radical (unpaired) electrons. The Balaban J connectivity index is 2.33. The van der Waals surface area contributed by atoms with Gasteiger partial charge in [-0.15, -0.1) is 0 Å². The van der Waals surface area contributed by atoms with Crippen LogP contribution in [0, 0.1) is 0 Å². The van der Waals surface area contributed by atoms with Crippen molar-refractivity contribution in [2.75, 3.05) is 10.6 Å². The number of benzene rings is 1. The Labute approximate surface area is 114 Å². The summed E-state index contributed by atoms with van der Waals surface area (Å²) in [6.07, 6.45) is 0.392. The molecule has 7 nitrogen and oxygen atoms in total. The second kappa shape index (κ2) is 5.87. The van der Waals surface area contributed by atoms with Gasteiger partial charge in [0, 0.05) is 13.6 Å². The summed E-state index contributed by atoms with van der Waals surface area (Å²) >= 11 is 0. The van der Waals surface area contributed by atoms with Gasteiger partial charge in [-0.3, -0.25) is 19.1 Å². The lowest BCUT2D eigenvalue weighted by molar-refractivity contribution is -0.105. The van der Waals surface area contributed by atoms with Gasteiger partial charge in [0.15, 0.2) is 0 Å². The van der Waals surface area contributed by atoms with E-state index in [2.05, 4.69) is 15.6 Å². The minimum atomic E-state index is -0.573. The first-order valence-electron chi connectivity index (χ1n) is 5.94. The summed E-state index contributed by atoms with van der Waals surface area (Å²) in [4.78, 5) is 36.6. The van der Waals surface area contributed by atoms with Gasteiger partial charge in [0.1, 0.15) is 11.5 Å². The van der Waals surface area contributed by atoms with E-state index in [0.717, 1.165) is 10.1 Å². The van der Waals surface area contributed by atoms with Gasteiger partial charge in [0.05, 0.1) is 0 Å². The standard InChI is InChI=1S/C13H14N4O3/c1-17-12(19)10(15-8-18)11(16-13(17)20)14-7-9-5-3-2-4-6-9/h2-6,8,14H,7H2,1H3,(H,15,18)(H,16,20). The van der Waals surface area contributed by atoms with Gasteiger partial charge in [-0.1, -0.05) is 30.3 Å². The molecule has 0 saturated carbocycles. The van der Waals surface area contributed by atoms with Gasteiger partial charge in [-0.05, 0) is 5.56 Å². The number of aromatic nitrogens is 2. The Hall–Kier alpha value is -2.83. The van der Waals surface area contributed by atoms with E-state index in [0.29, 0.717) is 13.0 Å². The maximum Gasteiger partial charge on any atom is 0.329 e. The SMILES string of the molecule is Cn1c(=O)[nH]c(NCc2ccccc2)c(NC=O)c1=O. The molecule has 104 valence electrons. The van der Waals surface area contributed by atoms with E-state index < -0.39 is 11.2 Å². The van der Waals surface area contributed by atoms with Gasteiger partial charge >= 0.3 is 5.69 Å². The van der Waals surface area contributed by atoms with E-state index in [4.69, 9.17) is 0 Å². The largest absolute Gasteiger partial charge is 0.366 e. The minimum Gasteiger partial charge on any atom is -0.366 e. The fraction of sp³-hybridized carbons (Fsp3) is 0.154. The van der Waals surface area contributed by atoms with E-state index >= 15 is 0 Å². The van der Waals surface area contributed by atoms with Crippen molar-refractivity contribution in [2.24, 2.45) is 7.05 Å². The molecule has 0 aliphatic rings. The number of aromatic amines is 1. The Morgan fingerprint density at radius 1 is 1.25 bits per heavy atom. The molecule has 1 aromatic carbocycles. The number of hydrogen-bond donors (Lipinski definition) is 3. The number of nitrogens with one attached hydrogen (secondary N) is 3. The lowest BCUT2D eigenvalue weighted by Gasteiger charge is -2.11. The zero-order chi connectivity index (χ0) is 14.5. The molecule has 1 heterocycles. The highest BCUT2D eigenvalue weighted by molar-refractivity contribution is 5.77. The van der Waals surface area contributed by atoms with E-state index in [1.54, 1.807) is 0 Å². The zero-order valence-corrected chi connectivity index (χ0v) is 10.8. The second-order valence-corrected chi connectivity index (χ2v) is 4.15. The van der Waals surface area contributed by atoms with Crippen LogP contribution in [0.1, 0.15) is 5.56 Å². The Kier molecular flexibility index (Phi) is 3.99. The number of anilines is 2. The van der Waals surface area contributed by atoms with Crippen molar-refractivity contribution < 1.29 is 4.79 Å². The molecule has 3 N–H and O–H groups in total. The van der Waals surface area contributed by atoms with Crippen molar-refractivity contribution in [3.63, 3.8) is 0 Å². The summed E-state index contributed by atoms with van der Waals surface area (Å²) in [5, 5.41) is 5.24. The van der Waals surface area contributed by atoms with E-state index in [9.17, 15) is 14.4 Å². The number of carbonyl (C=O) groups is 1. The number of amides is 1. The van der Waals surface area contributed by atoms with Crippen LogP contribution in [-0.2, 0) is 18.4 Å². The molecule has 1 aromatic heterocycles. The molecule has 0 fully saturated rings. The van der Waals surface area contributed by atoms with Crippen LogP contribution < -0.4 is 21.9 Å². The van der Waals surface area contributed by atoms with E-state index in [-0.39, 0.29) is 11.5 Å². The topological polar surface area (TPSA) is 96.0 Å². The van der Waals surface area contributed by atoms with Gasteiger partial charge in [-0.2, -0.15) is 0 Å². The highest BCUT2D eigenvalue weighted by Crippen LogP contribution is 2.12. The normalized spacial score (nSPS) is 10.1. The first kappa shape index (κ1) is 13.6. The molecular weight excluding hydrogens is 260 g/mol. The van der Waals surface area contributed by atoms with E-state index in [1.165, 1.54) is 7.05 Å². The number of nitrogens with zero attached hydrogens (tertiary/aromatic N) is 1. The molecule has 0 unspecified atom stereocenters. The average molecular weight is 274 g/mol. The van der Waals surface area contributed by atoms with Crippen LogP contribution in [0.3, 0.4) is 0 Å². The summed E-state index contributed by atoms with van der Waals surface area (Å²) in [6.45, 7) is 0.414. The second-order valence-electron chi connectivity index (χ2n) is 4.15. The molecule has 2 aromatic rings. The smallest absolute Gasteiger partial charge is 0.329 e. The van der Waals surface area contributed by atoms with Crippen LogP contribution in [0.15, 0.2) is 39.9 Å². The zero-order valence-electron chi connectivity index (χ0n) is 10.8. The molecule has 0 bridgehead atoms. The molecular formula is C13H14N4O3. The quantitative estimate of drug-likeness (QED) is 0.681. The Bertz CT molecular complexity index is 719. The monoisotopic (exact) mass is 274 g/mol. The van der Waals surface area contributed by atoms with Crippen LogP contribution in [-0.4, -0.2) is 16.0 Å². The molecule has 2 rings (SSSR count). The summed E-state index contributed by atoms with van der Waals surface area (Å²) in [5.41, 5.74) is -0.137. The van der Waals surface area contributed by atoms with Crippen molar-refractivity contribution >= 4 is 17.9 Å². The van der Waals surface area contributed by atoms with Gasteiger partial charge < -0.3 is 10.6 Å². The minimum absolute atomic E-state index is 0.0121. The molecule has 0 aliphatic carbocycles. The fourth-order valence-electron chi connectivity index (χ4n) is 1.73. The van der Waals surface area contributed by atoms with Crippen molar-refractivity contribution in [1.29, 1.82) is 0 Å². The van der Waals surface area contributed by atoms with Crippen molar-refractivity contribution in [2.45, 2.75) is 6.54 Å². The summed E-state index contributed by atoms with van der Waals surface area (Å²) in [7, 11) is 1.33. The van der Waals surface area contributed by atoms with Crippen LogP contribution in [0.2, 0.25) is 0 Å². The third-order valence-electron chi connectivity index (χ3n) is 2.82. The van der Waals surface area contributed by atoms with Gasteiger partial charge in [0.2, 0.25) is 6.41 Å². The van der Waals surface area contributed by atoms with Crippen LogP contribution in [0.5, 0.6) is 0 Å². The number of rotatable bonds is 5. The van der Waals surface area contributed by atoms with Gasteiger partial charge in [-0.25, -0.2) is 4.79 Å². The van der Waals surface area contributed by atoms with Crippen molar-refractivity contribution in [1.82, 2.24) is 9.55 Å². The molecule has 0 spiro atoms. The first-order valence-corrected chi connectivity index (χ1v) is 5.94. The van der Waals surface area contributed by atoms with Crippen molar-refractivity contribution in [3.05, 3.63) is 56.7 Å². The Morgan fingerprint density at radius 2 is 1.95 bits per heavy atom. The van der Waals surface area contributed by atoms with Crippen LogP contribution >= 0.6 is 0 Å². The molecule has 0 atom stereocenters. The molecule has 20 heavy (non-hydrogen) atoms. The summed E-state index contributed by atoms with van der Waals surface area (Å²) < 4.78 is 0.888. The summed E-state index contributed by atoms with van der Waals surface area (Å²) in [6, 6.07) is 9.46. The lowest BCUT2D eigenvalue weighted by atomic mass is 10.2. The Morgan fingerprint density at radius 3 is 2.60 bits per heavy atom. The maximum atomic E-state index is 11.9. The number of carbonyl (C=O) groups excluding carboxylic acids is 1. The lowest BCUT2D eigenvalue weighted by Crippen LogP contribution is -2.35. The van der Waals surface area contributed by atoms with Crippen molar-refractivity contribution in [3.8, 4) is 0 Å². The number of H-pyrrole nitrogens is 1. The number of hydrogen-bond acceptors (Lipinski definition) is 4. The third-order valence-corrected chi connectivity index (χ3v) is 2.82. The highest BCUT2D eigenvalue weighted by Gasteiger charge is 2.11. The molecule has 0 saturated heterocycles.